The highest BCUT2D eigenvalue weighted by atomic mass is 28.5. The van der Waals surface area contributed by atoms with E-state index in [1.165, 1.54) is 22.8 Å². The number of allylic oxidation sites excluding steroid dienone is 3. The molecule has 5 nitrogen and oxygen atoms in total. The summed E-state index contributed by atoms with van der Waals surface area (Å²) in [5, 5.41) is 0. The third-order valence-electron chi connectivity index (χ3n) is 3.42. The highest BCUT2D eigenvalue weighted by Gasteiger charge is 2.38. The highest BCUT2D eigenvalue weighted by Crippen LogP contribution is 2.18. The molecule has 0 atom stereocenters. The largest absolute Gasteiger partial charge is 0.469 e. The maximum atomic E-state index is 11.3. The van der Waals surface area contributed by atoms with Crippen molar-refractivity contribution in [3.8, 4) is 0 Å². The van der Waals surface area contributed by atoms with Crippen LogP contribution in [0.4, 0.5) is 0 Å². The summed E-state index contributed by atoms with van der Waals surface area (Å²) in [6.45, 7) is 16.2. The minimum absolute atomic E-state index is 0.328. The van der Waals surface area contributed by atoms with Crippen molar-refractivity contribution in [2.75, 3.05) is 6.61 Å². The van der Waals surface area contributed by atoms with E-state index in [4.69, 9.17) is 17.1 Å². The summed E-state index contributed by atoms with van der Waals surface area (Å²) in [5.74, 6) is -0.401. The number of carbonyl (C=O) groups is 1. The Balaban J connectivity index is 5.15. The van der Waals surface area contributed by atoms with E-state index in [1.807, 2.05) is 0 Å². The first-order valence-electron chi connectivity index (χ1n) is 9.32. The van der Waals surface area contributed by atoms with Gasteiger partial charge in [-0.25, -0.2) is 4.79 Å². The van der Waals surface area contributed by atoms with Gasteiger partial charge >= 0.3 is 14.8 Å². The Labute approximate surface area is 173 Å². The van der Waals surface area contributed by atoms with Crippen LogP contribution in [0, 0.1) is 0 Å². The molecule has 0 bridgehead atoms. The fraction of sp³-hybridized carbons (Fsp3) is 0.500. The minimum atomic E-state index is -2.74. The van der Waals surface area contributed by atoms with Gasteiger partial charge in [0, 0.05) is 12.1 Å². The zero-order valence-corrected chi connectivity index (χ0v) is 23.0. The average molecular weight is 445 g/mol. The lowest BCUT2D eigenvalue weighted by molar-refractivity contribution is -0.137. The van der Waals surface area contributed by atoms with Gasteiger partial charge < -0.3 is 17.1 Å². The second-order valence-electron chi connectivity index (χ2n) is 6.94. The number of hydrogen-bond donors (Lipinski definition) is 0. The standard InChI is InChI=1S/C18H36O5Si4/c1-8-18(19)20-10-9-11-27(21-24-12-15(2)3,22-25-13-16(4)5)23-26-14-17(6)7/h8,12-14H,1,9-11,24-26H2,2-7H3. The van der Waals surface area contributed by atoms with Crippen LogP contribution in [0.5, 0.6) is 0 Å². The van der Waals surface area contributed by atoms with Crippen LogP contribution < -0.4 is 0 Å². The lowest BCUT2D eigenvalue weighted by atomic mass is 10.4. The van der Waals surface area contributed by atoms with Crippen LogP contribution in [0.3, 0.4) is 0 Å². The number of carbonyl (C=O) groups excluding carboxylic acids is 1. The Bertz CT molecular complexity index is 491. The molecule has 0 saturated heterocycles. The lowest BCUT2D eigenvalue weighted by Crippen LogP contribution is -2.48. The first-order valence-corrected chi connectivity index (χ1v) is 15.4. The molecule has 0 fully saturated rings. The smallest absolute Gasteiger partial charge is 0.463 e. The normalized spacial score (nSPS) is 13.9. The van der Waals surface area contributed by atoms with Crippen LogP contribution in [-0.2, 0) is 21.9 Å². The topological polar surface area (TPSA) is 54.0 Å². The predicted molar refractivity (Wildman–Crippen MR) is 124 cm³/mol. The quantitative estimate of drug-likeness (QED) is 0.178. The second-order valence-corrected chi connectivity index (χ2v) is 14.5. The molecule has 0 aliphatic heterocycles. The fourth-order valence-electron chi connectivity index (χ4n) is 1.87. The number of hydrogen-bond acceptors (Lipinski definition) is 5. The van der Waals surface area contributed by atoms with E-state index in [2.05, 4.69) is 65.2 Å². The maximum Gasteiger partial charge on any atom is 0.469 e. The van der Waals surface area contributed by atoms with Crippen LogP contribution in [0.1, 0.15) is 48.0 Å². The SMILES string of the molecule is C=CC(=O)OCCC[Si](O[SiH2]C=C(C)C)(O[SiH2]C=C(C)C)O[SiH2]C=C(C)C. The molecule has 0 aromatic heterocycles. The van der Waals surface area contributed by atoms with Crippen LogP contribution in [-0.4, -0.2) is 50.7 Å². The molecule has 0 unspecified atom stereocenters. The van der Waals surface area contributed by atoms with Crippen LogP contribution in [0.25, 0.3) is 0 Å². The van der Waals surface area contributed by atoms with Crippen molar-refractivity contribution in [3.05, 3.63) is 46.5 Å². The van der Waals surface area contributed by atoms with E-state index in [-0.39, 0.29) is 0 Å². The van der Waals surface area contributed by atoms with Crippen molar-refractivity contribution in [2.24, 2.45) is 0 Å². The number of ether oxygens (including phenoxy) is 1. The van der Waals surface area contributed by atoms with Gasteiger partial charge in [0.25, 0.3) is 0 Å². The molecule has 0 heterocycles. The van der Waals surface area contributed by atoms with Crippen molar-refractivity contribution in [3.63, 3.8) is 0 Å². The Hall–Kier alpha value is -0.822. The van der Waals surface area contributed by atoms with Crippen molar-refractivity contribution < 1.29 is 21.9 Å². The average Bonchev–Trinajstić information content (AvgIpc) is 2.57. The molecule has 9 heteroatoms. The Morgan fingerprint density at radius 3 is 1.59 bits per heavy atom. The van der Waals surface area contributed by atoms with Gasteiger partial charge in [-0.05, 0) is 48.0 Å². The summed E-state index contributed by atoms with van der Waals surface area (Å²) in [7, 11) is -5.33. The third-order valence-corrected chi connectivity index (χ3v) is 14.6. The highest BCUT2D eigenvalue weighted by molar-refractivity contribution is 6.75. The zero-order valence-electron chi connectivity index (χ0n) is 17.8. The Kier molecular flexibility index (Phi) is 14.7. The minimum Gasteiger partial charge on any atom is -0.463 e. The van der Waals surface area contributed by atoms with Crippen LogP contribution in [0.15, 0.2) is 46.5 Å². The molecule has 0 saturated carbocycles. The van der Waals surface area contributed by atoms with Gasteiger partial charge in [-0.15, -0.1) is 0 Å². The van der Waals surface area contributed by atoms with E-state index in [9.17, 15) is 4.79 Å². The summed E-state index contributed by atoms with van der Waals surface area (Å²) in [6, 6.07) is 0.675. The molecule has 0 aromatic rings. The zero-order chi connectivity index (χ0) is 20.7. The molecule has 0 amide bonds. The van der Waals surface area contributed by atoms with E-state index in [1.54, 1.807) is 0 Å². The fourth-order valence-corrected chi connectivity index (χ4v) is 12.5. The van der Waals surface area contributed by atoms with E-state index in [0.29, 0.717) is 19.1 Å². The molecule has 0 radical (unpaired) electrons. The Morgan fingerprint density at radius 1 is 0.852 bits per heavy atom. The first-order chi connectivity index (χ1) is 12.7. The summed E-state index contributed by atoms with van der Waals surface area (Å²) in [5.41, 5.74) is 10.3. The Morgan fingerprint density at radius 2 is 1.26 bits per heavy atom. The molecular formula is C18H36O5Si4. The monoisotopic (exact) mass is 444 g/mol. The van der Waals surface area contributed by atoms with Crippen molar-refractivity contribution in [1.82, 2.24) is 0 Å². The van der Waals surface area contributed by atoms with Crippen molar-refractivity contribution in [1.29, 1.82) is 0 Å². The molecule has 0 aliphatic rings. The van der Waals surface area contributed by atoms with Gasteiger partial charge in [0.05, 0.1) is 6.61 Å². The van der Waals surface area contributed by atoms with Gasteiger partial charge in [-0.1, -0.05) is 40.4 Å². The molecule has 0 aromatic carbocycles. The summed E-state index contributed by atoms with van der Waals surface area (Å²) in [4.78, 5) is 11.3. The van der Waals surface area contributed by atoms with Gasteiger partial charge in [-0.3, -0.25) is 0 Å². The summed E-state index contributed by atoms with van der Waals surface area (Å²) >= 11 is 0. The summed E-state index contributed by atoms with van der Waals surface area (Å²) < 4.78 is 24.1. The molecule has 0 rings (SSSR count). The molecule has 0 spiro atoms. The van der Waals surface area contributed by atoms with Crippen LogP contribution in [0.2, 0.25) is 6.04 Å². The molecule has 0 N–H and O–H groups in total. The predicted octanol–water partition coefficient (Wildman–Crippen LogP) is 2.12. The van der Waals surface area contributed by atoms with Crippen molar-refractivity contribution in [2.45, 2.75) is 54.0 Å². The molecule has 0 aliphatic carbocycles. The van der Waals surface area contributed by atoms with Gasteiger partial charge in [0.1, 0.15) is 0 Å². The molecule has 27 heavy (non-hydrogen) atoms. The lowest BCUT2D eigenvalue weighted by Gasteiger charge is -2.30. The van der Waals surface area contributed by atoms with Gasteiger partial charge in [0.15, 0.2) is 29.3 Å². The van der Waals surface area contributed by atoms with E-state index in [0.717, 1.165) is 0 Å². The van der Waals surface area contributed by atoms with Gasteiger partial charge in [-0.2, -0.15) is 0 Å². The van der Waals surface area contributed by atoms with Gasteiger partial charge in [0.2, 0.25) is 0 Å². The van der Waals surface area contributed by atoms with Crippen LogP contribution >= 0.6 is 0 Å². The number of esters is 1. The number of rotatable bonds is 14. The second kappa shape index (κ2) is 15.1. The summed E-state index contributed by atoms with van der Waals surface area (Å²) in [6.07, 6.45) is 1.85. The maximum absolute atomic E-state index is 11.3. The first kappa shape index (κ1) is 26.2. The van der Waals surface area contributed by atoms with E-state index < -0.39 is 44.1 Å². The molecular weight excluding hydrogens is 409 g/mol. The van der Waals surface area contributed by atoms with E-state index >= 15 is 0 Å². The van der Waals surface area contributed by atoms with Crippen molar-refractivity contribution >= 4 is 44.1 Å². The molecule has 154 valence electrons. The third kappa shape index (κ3) is 14.9.